The Balaban J connectivity index is 1.10. The van der Waals surface area contributed by atoms with Gasteiger partial charge in [-0.25, -0.2) is 15.0 Å². The molecule has 3 N–H and O–H groups in total. The number of nitrogens with one attached hydrogen (secondary N) is 2. The van der Waals surface area contributed by atoms with E-state index in [1.165, 1.54) is 5.56 Å². The lowest BCUT2D eigenvalue weighted by molar-refractivity contribution is -0.115. The molecule has 0 unspecified atom stereocenters. The average Bonchev–Trinajstić information content (AvgIpc) is 3.73. The third-order valence-corrected chi connectivity index (χ3v) is 9.36. The van der Waals surface area contributed by atoms with Gasteiger partial charge in [0.05, 0.1) is 29.1 Å². The van der Waals surface area contributed by atoms with Gasteiger partial charge in [0.15, 0.2) is 0 Å². The van der Waals surface area contributed by atoms with Crippen molar-refractivity contribution in [1.82, 2.24) is 24.3 Å². The number of carbonyl (C=O) groups excluding carboxylic acids is 1. The van der Waals surface area contributed by atoms with Crippen LogP contribution in [0.1, 0.15) is 43.7 Å². The minimum Gasteiger partial charge on any atom is -0.389 e. The molecule has 6 aromatic rings. The van der Waals surface area contributed by atoms with Crippen LogP contribution in [0.15, 0.2) is 102 Å². The van der Waals surface area contributed by atoms with E-state index in [0.717, 1.165) is 65.5 Å². The van der Waals surface area contributed by atoms with E-state index in [9.17, 15) is 9.90 Å². The topological polar surface area (TPSA) is 108 Å². The molecule has 7 rings (SSSR count). The lowest BCUT2D eigenvalue weighted by Crippen LogP contribution is -2.42. The van der Waals surface area contributed by atoms with Gasteiger partial charge in [0, 0.05) is 35.9 Å². The summed E-state index contributed by atoms with van der Waals surface area (Å²) in [6, 6.07) is 26.1. The van der Waals surface area contributed by atoms with E-state index >= 15 is 0 Å². The number of β-amino-alcohol motifs (C(OH)–C–C–N with tert-alkyl or cyclic N) is 1. The number of likely N-dealkylation sites (tertiary alicyclic amines) is 1. The number of benzene rings is 2. The van der Waals surface area contributed by atoms with Crippen LogP contribution in [0, 0.1) is 0 Å². The normalized spacial score (nSPS) is 14.3. The zero-order valence-electron chi connectivity index (χ0n) is 27.1. The molecule has 0 aliphatic carbocycles. The Labute approximate surface area is 284 Å². The van der Waals surface area contributed by atoms with Crippen LogP contribution >= 0.6 is 11.3 Å². The number of nitrogens with zero attached hydrogens (tertiary/aromatic N) is 5. The second-order valence-electron chi connectivity index (χ2n) is 13.1. The lowest BCUT2D eigenvalue weighted by Gasteiger charge is -2.35. The fourth-order valence-electron chi connectivity index (χ4n) is 6.46. The smallest absolute Gasteiger partial charge is 0.228 e. The standard InChI is InChI=1S/C38H39N7O2S/c1-38(2,47)25-44-19-14-28(15-20-44)27-9-11-30(12-10-27)41-37-39-17-13-32(42-37)36-35(43-33-8-3-4-18-45(33)36)29-6-5-7-31(23-29)40-34(46)22-26-16-21-48-24-26/h3-13,16-18,21,23-24,28,47H,14-15,19-20,22,25H2,1-2H3,(H,40,46)(H,39,41,42). The molecule has 5 heterocycles. The number of piperidine rings is 1. The molecule has 9 nitrogen and oxygen atoms in total. The van der Waals surface area contributed by atoms with Crippen LogP contribution in [0.2, 0.25) is 0 Å². The minimum absolute atomic E-state index is 0.0621. The molecular formula is C38H39N7O2S. The van der Waals surface area contributed by atoms with Crippen LogP contribution in [-0.2, 0) is 11.2 Å². The first kappa shape index (κ1) is 31.7. The second kappa shape index (κ2) is 13.7. The average molecular weight is 658 g/mol. The van der Waals surface area contributed by atoms with Crippen molar-refractivity contribution in [3.63, 3.8) is 0 Å². The summed E-state index contributed by atoms with van der Waals surface area (Å²) < 4.78 is 2.03. The Morgan fingerprint density at radius 2 is 1.81 bits per heavy atom. The van der Waals surface area contributed by atoms with Crippen LogP contribution in [0.25, 0.3) is 28.3 Å². The Morgan fingerprint density at radius 1 is 0.979 bits per heavy atom. The first-order chi connectivity index (χ1) is 23.3. The van der Waals surface area contributed by atoms with Crippen molar-refractivity contribution < 1.29 is 9.90 Å². The fraction of sp³-hybridized carbons (Fsp3) is 0.263. The van der Waals surface area contributed by atoms with Gasteiger partial charge in [-0.2, -0.15) is 11.3 Å². The van der Waals surface area contributed by atoms with Crippen molar-refractivity contribution in [2.45, 2.75) is 44.6 Å². The number of pyridine rings is 1. The molecule has 1 saturated heterocycles. The summed E-state index contributed by atoms with van der Waals surface area (Å²) in [5.41, 5.74) is 7.28. The van der Waals surface area contributed by atoms with Crippen LogP contribution in [0.3, 0.4) is 0 Å². The molecule has 2 aromatic carbocycles. The summed E-state index contributed by atoms with van der Waals surface area (Å²) in [7, 11) is 0. The fourth-order valence-corrected chi connectivity index (χ4v) is 7.13. The Morgan fingerprint density at radius 3 is 2.58 bits per heavy atom. The summed E-state index contributed by atoms with van der Waals surface area (Å²) in [6.45, 7) is 6.44. The largest absolute Gasteiger partial charge is 0.389 e. The van der Waals surface area contributed by atoms with Crippen molar-refractivity contribution in [3.8, 4) is 22.6 Å². The molecule has 48 heavy (non-hydrogen) atoms. The van der Waals surface area contributed by atoms with Crippen molar-refractivity contribution in [1.29, 1.82) is 0 Å². The monoisotopic (exact) mass is 657 g/mol. The number of carbonyl (C=O) groups is 1. The van der Waals surface area contributed by atoms with Crippen molar-refractivity contribution in [2.24, 2.45) is 0 Å². The lowest BCUT2D eigenvalue weighted by atomic mass is 9.89. The van der Waals surface area contributed by atoms with Crippen LogP contribution in [-0.4, -0.2) is 60.5 Å². The van der Waals surface area contributed by atoms with Crippen molar-refractivity contribution >= 4 is 40.2 Å². The summed E-state index contributed by atoms with van der Waals surface area (Å²) in [6.07, 6.45) is 6.24. The van der Waals surface area contributed by atoms with Gasteiger partial charge in [0.1, 0.15) is 5.65 Å². The van der Waals surface area contributed by atoms with Gasteiger partial charge >= 0.3 is 0 Å². The zero-order chi connectivity index (χ0) is 33.1. The van der Waals surface area contributed by atoms with Crippen molar-refractivity contribution in [3.05, 3.63) is 113 Å². The number of hydrogen-bond donors (Lipinski definition) is 3. The molecule has 1 aliphatic heterocycles. The first-order valence-corrected chi connectivity index (χ1v) is 17.3. The van der Waals surface area contributed by atoms with Gasteiger partial charge in [-0.1, -0.05) is 30.3 Å². The minimum atomic E-state index is -0.666. The van der Waals surface area contributed by atoms with Crippen LogP contribution in [0.5, 0.6) is 0 Å². The van der Waals surface area contributed by atoms with Gasteiger partial charge in [0.25, 0.3) is 0 Å². The number of aromatic nitrogens is 4. The van der Waals surface area contributed by atoms with Gasteiger partial charge in [0.2, 0.25) is 11.9 Å². The van der Waals surface area contributed by atoms with Crippen LogP contribution in [0.4, 0.5) is 17.3 Å². The molecule has 1 aliphatic rings. The van der Waals surface area contributed by atoms with Gasteiger partial charge in [-0.15, -0.1) is 0 Å². The van der Waals surface area contributed by atoms with E-state index < -0.39 is 5.60 Å². The van der Waals surface area contributed by atoms with E-state index in [2.05, 4.69) is 44.8 Å². The van der Waals surface area contributed by atoms with Gasteiger partial charge < -0.3 is 20.6 Å². The molecule has 1 amide bonds. The quantitative estimate of drug-likeness (QED) is 0.141. The highest BCUT2D eigenvalue weighted by Gasteiger charge is 2.25. The second-order valence-corrected chi connectivity index (χ2v) is 13.8. The van der Waals surface area contributed by atoms with E-state index in [4.69, 9.17) is 9.97 Å². The third kappa shape index (κ3) is 7.46. The maximum absolute atomic E-state index is 12.7. The number of fused-ring (bicyclic) bond motifs is 1. The highest BCUT2D eigenvalue weighted by atomic mass is 32.1. The number of aliphatic hydroxyl groups is 1. The number of amides is 1. The van der Waals surface area contributed by atoms with E-state index in [0.29, 0.717) is 30.5 Å². The molecule has 4 aromatic heterocycles. The van der Waals surface area contributed by atoms with Crippen molar-refractivity contribution in [2.75, 3.05) is 30.3 Å². The molecular weight excluding hydrogens is 619 g/mol. The Bertz CT molecular complexity index is 2010. The number of anilines is 3. The molecule has 0 radical (unpaired) electrons. The maximum Gasteiger partial charge on any atom is 0.228 e. The first-order valence-electron chi connectivity index (χ1n) is 16.3. The summed E-state index contributed by atoms with van der Waals surface area (Å²) in [5.74, 6) is 0.942. The summed E-state index contributed by atoms with van der Waals surface area (Å²) in [4.78, 5) is 29.5. The molecule has 0 saturated carbocycles. The number of rotatable bonds is 10. The summed E-state index contributed by atoms with van der Waals surface area (Å²) >= 11 is 1.58. The van der Waals surface area contributed by atoms with Gasteiger partial charge in [-0.3, -0.25) is 9.20 Å². The molecule has 0 spiro atoms. The van der Waals surface area contributed by atoms with Gasteiger partial charge in [-0.05, 0) is 116 Å². The van der Waals surface area contributed by atoms with E-state index in [1.54, 1.807) is 17.5 Å². The molecule has 0 bridgehead atoms. The molecule has 1 fully saturated rings. The zero-order valence-corrected chi connectivity index (χ0v) is 28.0. The van der Waals surface area contributed by atoms with E-state index in [-0.39, 0.29) is 5.91 Å². The van der Waals surface area contributed by atoms with E-state index in [1.807, 2.05) is 89.8 Å². The number of imidazole rings is 1. The third-order valence-electron chi connectivity index (χ3n) is 8.63. The molecule has 10 heteroatoms. The number of thiophene rings is 1. The SMILES string of the molecule is CC(C)(O)CN1CCC(c2ccc(Nc3nccc(-c4c(-c5cccc(NC(=O)Cc6ccsc6)c5)nc5ccccn45)n3)cc2)CC1. The predicted molar refractivity (Wildman–Crippen MR) is 193 cm³/mol. The maximum atomic E-state index is 12.7. The molecule has 244 valence electrons. The predicted octanol–water partition coefficient (Wildman–Crippen LogP) is 7.39. The Hall–Kier alpha value is -4.90. The Kier molecular flexibility index (Phi) is 9.03. The number of hydrogen-bond acceptors (Lipinski definition) is 8. The van der Waals surface area contributed by atoms with Crippen LogP contribution < -0.4 is 10.6 Å². The summed E-state index contributed by atoms with van der Waals surface area (Å²) in [5, 5.41) is 20.6. The highest BCUT2D eigenvalue weighted by molar-refractivity contribution is 7.08. The highest BCUT2D eigenvalue weighted by Crippen LogP contribution is 2.34. The molecule has 0 atom stereocenters.